The summed E-state index contributed by atoms with van der Waals surface area (Å²) in [4.78, 5) is 22.5. The Morgan fingerprint density at radius 1 is 1.40 bits per heavy atom. The van der Waals surface area contributed by atoms with Gasteiger partial charge in [0.25, 0.3) is 5.91 Å². The number of amides is 1. The fourth-order valence-electron chi connectivity index (χ4n) is 1.24. The first kappa shape index (κ1) is 11.2. The van der Waals surface area contributed by atoms with Crippen molar-refractivity contribution < 1.29 is 9.59 Å². The quantitative estimate of drug-likeness (QED) is 0.577. The average Bonchev–Trinajstić information content (AvgIpc) is 2.17. The minimum atomic E-state index is -0.217. The van der Waals surface area contributed by atoms with Gasteiger partial charge in [0.2, 0.25) is 0 Å². The van der Waals surface area contributed by atoms with Crippen molar-refractivity contribution in [2.45, 2.75) is 13.8 Å². The SMILES string of the molecule is CCNC(=O)c1ccc(C(C)=O)cc1N. The molecule has 3 N–H and O–H groups in total. The van der Waals surface area contributed by atoms with Crippen molar-refractivity contribution in [3.05, 3.63) is 29.3 Å². The van der Waals surface area contributed by atoms with Crippen molar-refractivity contribution in [3.63, 3.8) is 0 Å². The van der Waals surface area contributed by atoms with Crippen LogP contribution in [0.1, 0.15) is 34.6 Å². The molecule has 0 aromatic heterocycles. The molecule has 1 aromatic carbocycles. The monoisotopic (exact) mass is 206 g/mol. The van der Waals surface area contributed by atoms with Gasteiger partial charge in [-0.15, -0.1) is 0 Å². The molecule has 4 nitrogen and oxygen atoms in total. The van der Waals surface area contributed by atoms with E-state index in [1.165, 1.54) is 13.0 Å². The van der Waals surface area contributed by atoms with Crippen LogP contribution in [0.3, 0.4) is 0 Å². The van der Waals surface area contributed by atoms with Gasteiger partial charge in [0.1, 0.15) is 0 Å². The molecule has 0 heterocycles. The van der Waals surface area contributed by atoms with Crippen LogP contribution in [0.5, 0.6) is 0 Å². The summed E-state index contributed by atoms with van der Waals surface area (Å²) in [5, 5.41) is 2.65. The zero-order valence-electron chi connectivity index (χ0n) is 8.83. The highest BCUT2D eigenvalue weighted by molar-refractivity contribution is 6.02. The summed E-state index contributed by atoms with van der Waals surface area (Å²) in [7, 11) is 0. The Labute approximate surface area is 88.5 Å². The molecule has 1 rings (SSSR count). The predicted octanol–water partition coefficient (Wildman–Crippen LogP) is 1.22. The Bertz CT molecular complexity index is 400. The number of hydrogen-bond donors (Lipinski definition) is 2. The van der Waals surface area contributed by atoms with Crippen molar-refractivity contribution in [3.8, 4) is 0 Å². The zero-order chi connectivity index (χ0) is 11.4. The van der Waals surface area contributed by atoms with Gasteiger partial charge in [-0.3, -0.25) is 9.59 Å². The lowest BCUT2D eigenvalue weighted by Gasteiger charge is -2.06. The van der Waals surface area contributed by atoms with Crippen LogP contribution in [0, 0.1) is 0 Å². The maximum atomic E-state index is 11.5. The summed E-state index contributed by atoms with van der Waals surface area (Å²) in [6.45, 7) is 3.84. The third-order valence-corrected chi connectivity index (χ3v) is 2.04. The van der Waals surface area contributed by atoms with Gasteiger partial charge >= 0.3 is 0 Å². The van der Waals surface area contributed by atoms with Crippen molar-refractivity contribution in [2.24, 2.45) is 0 Å². The first-order valence-corrected chi connectivity index (χ1v) is 4.75. The van der Waals surface area contributed by atoms with Crippen molar-refractivity contribution in [2.75, 3.05) is 12.3 Å². The number of benzene rings is 1. The number of carbonyl (C=O) groups is 2. The molecule has 0 unspecified atom stereocenters. The summed E-state index contributed by atoms with van der Waals surface area (Å²) in [6.07, 6.45) is 0. The first-order chi connectivity index (χ1) is 7.06. The number of nitrogen functional groups attached to an aromatic ring is 1. The molecule has 0 aliphatic carbocycles. The standard InChI is InChI=1S/C11H14N2O2/c1-3-13-11(15)9-5-4-8(7(2)14)6-10(9)12/h4-6H,3,12H2,1-2H3,(H,13,15). The lowest BCUT2D eigenvalue weighted by Crippen LogP contribution is -2.23. The van der Waals surface area contributed by atoms with Gasteiger partial charge in [-0.25, -0.2) is 0 Å². The molecule has 1 amide bonds. The fourth-order valence-corrected chi connectivity index (χ4v) is 1.24. The van der Waals surface area contributed by atoms with Crippen molar-refractivity contribution >= 4 is 17.4 Å². The van der Waals surface area contributed by atoms with E-state index in [4.69, 9.17) is 5.73 Å². The molecule has 0 fully saturated rings. The van der Waals surface area contributed by atoms with Crippen molar-refractivity contribution in [1.29, 1.82) is 0 Å². The molecular weight excluding hydrogens is 192 g/mol. The summed E-state index contributed by atoms with van der Waals surface area (Å²) >= 11 is 0. The molecular formula is C11H14N2O2. The van der Waals surface area contributed by atoms with E-state index in [-0.39, 0.29) is 11.7 Å². The number of Topliss-reactive ketones (excluding diaryl/α,β-unsaturated/α-hetero) is 1. The largest absolute Gasteiger partial charge is 0.398 e. The molecule has 0 atom stereocenters. The minimum Gasteiger partial charge on any atom is -0.398 e. The number of nitrogens with two attached hydrogens (primary N) is 1. The maximum absolute atomic E-state index is 11.5. The van der Waals surface area contributed by atoms with Crippen LogP contribution in [-0.2, 0) is 0 Å². The van der Waals surface area contributed by atoms with Crippen molar-refractivity contribution in [1.82, 2.24) is 5.32 Å². The molecule has 15 heavy (non-hydrogen) atoms. The highest BCUT2D eigenvalue weighted by Gasteiger charge is 2.10. The molecule has 0 saturated carbocycles. The summed E-state index contributed by atoms with van der Waals surface area (Å²) in [6, 6.07) is 4.69. The van der Waals surface area contributed by atoms with E-state index in [0.717, 1.165) is 0 Å². The Kier molecular flexibility index (Phi) is 3.44. The van der Waals surface area contributed by atoms with Gasteiger partial charge in [0, 0.05) is 17.8 Å². The van der Waals surface area contributed by atoms with E-state index >= 15 is 0 Å². The maximum Gasteiger partial charge on any atom is 0.253 e. The number of hydrogen-bond acceptors (Lipinski definition) is 3. The van der Waals surface area contributed by atoms with Gasteiger partial charge in [-0.05, 0) is 26.0 Å². The molecule has 4 heteroatoms. The predicted molar refractivity (Wildman–Crippen MR) is 58.9 cm³/mol. The van der Waals surface area contributed by atoms with Crippen LogP contribution >= 0.6 is 0 Å². The summed E-state index contributed by atoms with van der Waals surface area (Å²) < 4.78 is 0. The van der Waals surface area contributed by atoms with E-state index in [0.29, 0.717) is 23.4 Å². The molecule has 0 spiro atoms. The Balaban J connectivity index is 3.03. The minimum absolute atomic E-state index is 0.0656. The van der Waals surface area contributed by atoms with Gasteiger partial charge < -0.3 is 11.1 Å². The fraction of sp³-hybridized carbons (Fsp3) is 0.273. The smallest absolute Gasteiger partial charge is 0.253 e. The van der Waals surface area contributed by atoms with E-state index in [1.807, 2.05) is 6.92 Å². The Morgan fingerprint density at radius 2 is 2.07 bits per heavy atom. The molecule has 0 bridgehead atoms. The van der Waals surface area contributed by atoms with E-state index in [2.05, 4.69) is 5.32 Å². The van der Waals surface area contributed by atoms with E-state index < -0.39 is 0 Å². The van der Waals surface area contributed by atoms with Gasteiger partial charge in [-0.1, -0.05) is 6.07 Å². The highest BCUT2D eigenvalue weighted by atomic mass is 16.1. The average molecular weight is 206 g/mol. The molecule has 0 saturated heterocycles. The number of nitrogens with one attached hydrogen (secondary N) is 1. The van der Waals surface area contributed by atoms with Crippen LogP contribution in [0.15, 0.2) is 18.2 Å². The second-order valence-corrected chi connectivity index (χ2v) is 3.22. The molecule has 0 radical (unpaired) electrons. The number of carbonyl (C=O) groups excluding carboxylic acids is 2. The second-order valence-electron chi connectivity index (χ2n) is 3.22. The van der Waals surface area contributed by atoms with Gasteiger partial charge in [-0.2, -0.15) is 0 Å². The molecule has 1 aromatic rings. The lowest BCUT2D eigenvalue weighted by atomic mass is 10.1. The topological polar surface area (TPSA) is 72.2 Å². The normalized spacial score (nSPS) is 9.73. The van der Waals surface area contributed by atoms with Crippen LogP contribution in [0.2, 0.25) is 0 Å². The second kappa shape index (κ2) is 4.59. The van der Waals surface area contributed by atoms with Crippen LogP contribution in [0.25, 0.3) is 0 Å². The number of ketones is 1. The van der Waals surface area contributed by atoms with Crippen LogP contribution in [-0.4, -0.2) is 18.2 Å². The Hall–Kier alpha value is -1.84. The Morgan fingerprint density at radius 3 is 2.53 bits per heavy atom. The van der Waals surface area contributed by atoms with Crippen LogP contribution < -0.4 is 11.1 Å². The van der Waals surface area contributed by atoms with Gasteiger partial charge in [0.15, 0.2) is 5.78 Å². The molecule has 80 valence electrons. The molecule has 0 aliphatic heterocycles. The number of rotatable bonds is 3. The third kappa shape index (κ3) is 2.56. The zero-order valence-corrected chi connectivity index (χ0v) is 8.83. The van der Waals surface area contributed by atoms with E-state index in [1.54, 1.807) is 12.1 Å². The number of anilines is 1. The first-order valence-electron chi connectivity index (χ1n) is 4.75. The summed E-state index contributed by atoms with van der Waals surface area (Å²) in [5.74, 6) is -0.283. The van der Waals surface area contributed by atoms with E-state index in [9.17, 15) is 9.59 Å². The molecule has 0 aliphatic rings. The highest BCUT2D eigenvalue weighted by Crippen LogP contribution is 2.14. The van der Waals surface area contributed by atoms with Crippen LogP contribution in [0.4, 0.5) is 5.69 Å². The lowest BCUT2D eigenvalue weighted by molar-refractivity contribution is 0.0954. The summed E-state index contributed by atoms with van der Waals surface area (Å²) in [5.41, 5.74) is 6.92. The third-order valence-electron chi connectivity index (χ3n) is 2.04. The van der Waals surface area contributed by atoms with Gasteiger partial charge in [0.05, 0.1) is 5.56 Å².